The lowest BCUT2D eigenvalue weighted by molar-refractivity contribution is 0.252. The summed E-state index contributed by atoms with van der Waals surface area (Å²) in [7, 11) is 0. The number of urea groups is 1. The molecule has 2 amide bonds. The normalized spacial score (nSPS) is 28.5. The van der Waals surface area contributed by atoms with E-state index in [0.717, 1.165) is 47.8 Å². The van der Waals surface area contributed by atoms with Crippen molar-refractivity contribution in [1.82, 2.24) is 5.32 Å². The summed E-state index contributed by atoms with van der Waals surface area (Å²) >= 11 is 0. The van der Waals surface area contributed by atoms with Gasteiger partial charge in [0.15, 0.2) is 0 Å². The first-order valence-corrected chi connectivity index (χ1v) is 8.56. The molecular formula is C18H25N3O. The van der Waals surface area contributed by atoms with Crippen molar-refractivity contribution in [1.29, 1.82) is 0 Å². The van der Waals surface area contributed by atoms with E-state index in [-0.39, 0.29) is 6.03 Å². The van der Waals surface area contributed by atoms with E-state index in [1.165, 1.54) is 19.3 Å². The van der Waals surface area contributed by atoms with Gasteiger partial charge in [-0.1, -0.05) is 6.07 Å². The molecule has 1 aromatic rings. The quantitative estimate of drug-likeness (QED) is 0.875. The number of nitrogens with one attached hydrogen (secondary N) is 2. The van der Waals surface area contributed by atoms with Gasteiger partial charge in [-0.05, 0) is 68.6 Å². The Morgan fingerprint density at radius 3 is 2.86 bits per heavy atom. The number of carbonyl (C=O) groups excluding carboxylic acids is 1. The molecule has 0 spiro atoms. The van der Waals surface area contributed by atoms with Crippen LogP contribution in [0.25, 0.3) is 0 Å². The summed E-state index contributed by atoms with van der Waals surface area (Å²) in [5.41, 5.74) is 3.31. The second-order valence-electron chi connectivity index (χ2n) is 7.22. The molecule has 1 aliphatic heterocycles. The van der Waals surface area contributed by atoms with Crippen LogP contribution in [-0.4, -0.2) is 25.2 Å². The Hall–Kier alpha value is -1.71. The van der Waals surface area contributed by atoms with Crippen LogP contribution in [0.3, 0.4) is 0 Å². The third kappa shape index (κ3) is 2.55. The second-order valence-corrected chi connectivity index (χ2v) is 7.22. The smallest absolute Gasteiger partial charge is 0.322 e. The van der Waals surface area contributed by atoms with E-state index in [1.54, 1.807) is 0 Å². The van der Waals surface area contributed by atoms with Crippen molar-refractivity contribution in [2.45, 2.75) is 39.2 Å². The highest BCUT2D eigenvalue weighted by atomic mass is 16.2. The number of nitrogens with zero attached hydrogens (tertiary/aromatic N) is 1. The van der Waals surface area contributed by atoms with E-state index in [4.69, 9.17) is 0 Å². The van der Waals surface area contributed by atoms with Crippen molar-refractivity contribution in [2.24, 2.45) is 17.8 Å². The highest BCUT2D eigenvalue weighted by molar-refractivity contribution is 5.95. The summed E-state index contributed by atoms with van der Waals surface area (Å²) in [5, 5.41) is 6.54. The minimum absolute atomic E-state index is 0.0179. The Kier molecular flexibility index (Phi) is 3.28. The maximum atomic E-state index is 11.9. The van der Waals surface area contributed by atoms with Gasteiger partial charge in [0.2, 0.25) is 0 Å². The molecule has 3 atom stereocenters. The molecule has 1 unspecified atom stereocenters. The Morgan fingerprint density at radius 1 is 1.36 bits per heavy atom. The lowest BCUT2D eigenvalue weighted by atomic mass is 10.1. The van der Waals surface area contributed by atoms with Crippen LogP contribution < -0.4 is 15.5 Å². The van der Waals surface area contributed by atoms with Crippen molar-refractivity contribution >= 4 is 17.4 Å². The third-order valence-corrected chi connectivity index (χ3v) is 5.51. The zero-order valence-electron chi connectivity index (χ0n) is 13.4. The number of rotatable bonds is 5. The van der Waals surface area contributed by atoms with Gasteiger partial charge in [0, 0.05) is 24.8 Å². The lowest BCUT2D eigenvalue weighted by Gasteiger charge is -2.21. The summed E-state index contributed by atoms with van der Waals surface area (Å²) in [4.78, 5) is 13.7. The molecule has 2 N–H and O–H groups in total. The summed E-state index contributed by atoms with van der Waals surface area (Å²) in [5.74, 6) is 2.83. The van der Waals surface area contributed by atoms with Crippen molar-refractivity contribution in [3.63, 3.8) is 0 Å². The van der Waals surface area contributed by atoms with Gasteiger partial charge in [0.1, 0.15) is 0 Å². The van der Waals surface area contributed by atoms with Crippen LogP contribution in [0.1, 0.15) is 31.7 Å². The topological polar surface area (TPSA) is 44.4 Å². The van der Waals surface area contributed by atoms with Gasteiger partial charge in [0.25, 0.3) is 0 Å². The monoisotopic (exact) mass is 299 g/mol. The molecule has 118 valence electrons. The Morgan fingerprint density at radius 2 is 2.18 bits per heavy atom. The minimum Gasteiger partial charge on any atom is -0.382 e. The fourth-order valence-corrected chi connectivity index (χ4v) is 3.94. The lowest BCUT2D eigenvalue weighted by Crippen LogP contribution is -2.28. The molecule has 0 aromatic heterocycles. The van der Waals surface area contributed by atoms with Crippen molar-refractivity contribution in [2.75, 3.05) is 23.3 Å². The average Bonchev–Trinajstić information content (AvgIpc) is 3.38. The SMILES string of the molecule is Cc1ccc(NC(C)[C@@H]2C[C@H]2C2CC2)cc1N1CCNC1=O. The molecule has 4 rings (SSSR count). The van der Waals surface area contributed by atoms with Crippen LogP contribution in [0.15, 0.2) is 18.2 Å². The molecule has 4 nitrogen and oxygen atoms in total. The molecule has 0 bridgehead atoms. The van der Waals surface area contributed by atoms with Crippen LogP contribution >= 0.6 is 0 Å². The largest absolute Gasteiger partial charge is 0.382 e. The Bertz CT molecular complexity index is 596. The van der Waals surface area contributed by atoms with Gasteiger partial charge >= 0.3 is 6.03 Å². The van der Waals surface area contributed by atoms with Gasteiger partial charge in [0.05, 0.1) is 5.69 Å². The van der Waals surface area contributed by atoms with Crippen molar-refractivity contribution in [3.05, 3.63) is 23.8 Å². The fraction of sp³-hybridized carbons (Fsp3) is 0.611. The van der Waals surface area contributed by atoms with Crippen LogP contribution in [0.5, 0.6) is 0 Å². The number of anilines is 2. The fourth-order valence-electron chi connectivity index (χ4n) is 3.94. The molecular weight excluding hydrogens is 274 g/mol. The zero-order valence-corrected chi connectivity index (χ0v) is 13.4. The Labute approximate surface area is 132 Å². The number of hydrogen-bond acceptors (Lipinski definition) is 2. The van der Waals surface area contributed by atoms with Crippen molar-refractivity contribution < 1.29 is 4.79 Å². The Balaban J connectivity index is 1.46. The van der Waals surface area contributed by atoms with E-state index >= 15 is 0 Å². The number of carbonyl (C=O) groups is 1. The van der Waals surface area contributed by atoms with E-state index in [2.05, 4.69) is 42.7 Å². The van der Waals surface area contributed by atoms with Crippen LogP contribution in [-0.2, 0) is 0 Å². The standard InChI is InChI=1S/C18H25N3O/c1-11-3-6-14(9-17(11)21-8-7-19-18(21)22)20-12(2)15-10-16(15)13-4-5-13/h3,6,9,12-13,15-16,20H,4-5,7-8,10H2,1-2H3,(H,19,22)/t12?,15-,16-/m0/s1. The molecule has 1 aromatic carbocycles. The molecule has 1 saturated heterocycles. The number of benzene rings is 1. The maximum Gasteiger partial charge on any atom is 0.322 e. The molecule has 1 heterocycles. The predicted molar refractivity (Wildman–Crippen MR) is 89.3 cm³/mol. The van der Waals surface area contributed by atoms with E-state index in [9.17, 15) is 4.79 Å². The van der Waals surface area contributed by atoms with Gasteiger partial charge in [-0.25, -0.2) is 4.79 Å². The van der Waals surface area contributed by atoms with E-state index < -0.39 is 0 Å². The molecule has 3 fully saturated rings. The molecule has 4 heteroatoms. The van der Waals surface area contributed by atoms with E-state index in [0.29, 0.717) is 6.04 Å². The average molecular weight is 299 g/mol. The summed E-state index contributed by atoms with van der Waals surface area (Å²) in [6, 6.07) is 6.92. The predicted octanol–water partition coefficient (Wildman–Crippen LogP) is 3.37. The molecule has 0 radical (unpaired) electrons. The highest BCUT2D eigenvalue weighted by Crippen LogP contribution is 2.55. The minimum atomic E-state index is 0.0179. The highest BCUT2D eigenvalue weighted by Gasteiger charge is 2.49. The van der Waals surface area contributed by atoms with E-state index in [1.807, 2.05) is 4.90 Å². The van der Waals surface area contributed by atoms with Gasteiger partial charge in [-0.15, -0.1) is 0 Å². The summed E-state index contributed by atoms with van der Waals surface area (Å²) in [6.07, 6.45) is 4.30. The first-order valence-electron chi connectivity index (χ1n) is 8.56. The zero-order chi connectivity index (χ0) is 15.3. The molecule has 22 heavy (non-hydrogen) atoms. The summed E-state index contributed by atoms with van der Waals surface area (Å²) < 4.78 is 0. The maximum absolute atomic E-state index is 11.9. The third-order valence-electron chi connectivity index (χ3n) is 5.51. The first-order chi connectivity index (χ1) is 10.6. The van der Waals surface area contributed by atoms with Gasteiger partial charge in [-0.2, -0.15) is 0 Å². The van der Waals surface area contributed by atoms with Crippen LogP contribution in [0.2, 0.25) is 0 Å². The molecule has 2 saturated carbocycles. The first kappa shape index (κ1) is 13.9. The number of hydrogen-bond donors (Lipinski definition) is 2. The number of aryl methyl sites for hydroxylation is 1. The van der Waals surface area contributed by atoms with Crippen LogP contribution in [0, 0.1) is 24.7 Å². The number of amides is 2. The van der Waals surface area contributed by atoms with Gasteiger partial charge in [-0.3, -0.25) is 4.90 Å². The summed E-state index contributed by atoms with van der Waals surface area (Å²) in [6.45, 7) is 5.86. The second kappa shape index (κ2) is 5.18. The van der Waals surface area contributed by atoms with Crippen LogP contribution in [0.4, 0.5) is 16.2 Å². The molecule has 3 aliphatic rings. The van der Waals surface area contributed by atoms with Gasteiger partial charge < -0.3 is 10.6 Å². The molecule has 2 aliphatic carbocycles. The van der Waals surface area contributed by atoms with Crippen molar-refractivity contribution in [3.8, 4) is 0 Å².